The summed E-state index contributed by atoms with van der Waals surface area (Å²) >= 11 is 1.57. The van der Waals surface area contributed by atoms with Crippen LogP contribution in [-0.2, 0) is 0 Å². The van der Waals surface area contributed by atoms with E-state index in [9.17, 15) is 0 Å². The van der Waals surface area contributed by atoms with Crippen LogP contribution in [0.1, 0.15) is 36.9 Å². The number of hydrogen-bond acceptors (Lipinski definition) is 10. The van der Waals surface area contributed by atoms with Gasteiger partial charge in [0.15, 0.2) is 5.82 Å². The molecule has 0 aliphatic carbocycles. The van der Waals surface area contributed by atoms with E-state index in [4.69, 9.17) is 5.73 Å². The molecule has 4 aromatic rings. The Labute approximate surface area is 220 Å². The van der Waals surface area contributed by atoms with Gasteiger partial charge in [-0.1, -0.05) is 6.08 Å². The summed E-state index contributed by atoms with van der Waals surface area (Å²) < 4.78 is 2.47. The summed E-state index contributed by atoms with van der Waals surface area (Å²) in [6.07, 6.45) is 12.9. The highest BCUT2D eigenvalue weighted by molar-refractivity contribution is 7.17. The van der Waals surface area contributed by atoms with Gasteiger partial charge in [-0.25, -0.2) is 9.97 Å². The number of hydrogen-bond donors (Lipinski definition) is 2. The molecule has 0 radical (unpaired) electrons. The standard InChI is InChI=1S/C26H32N10S/c1-18-16-37-23-22(18)29-17-30-24(23)36-25(27)32-26(33-36)31-20-7-6-19(28-15-20)5-4-10-34-13-8-21(9-14-34)35-11-2-3-12-35/h4-7,15-17,21H,2-3,8-14H2,1H3,(H3,27,31,32,33)/b5-4+. The second kappa shape index (κ2) is 10.5. The highest BCUT2D eigenvalue weighted by atomic mass is 32.1. The van der Waals surface area contributed by atoms with Crippen LogP contribution in [0.25, 0.3) is 22.1 Å². The molecular weight excluding hydrogens is 484 g/mol. The molecule has 0 spiro atoms. The Morgan fingerprint density at radius 3 is 2.73 bits per heavy atom. The molecular formula is C26H32N10S. The Hall–Kier alpha value is -3.41. The van der Waals surface area contributed by atoms with Crippen molar-refractivity contribution in [2.45, 2.75) is 38.6 Å². The number of nitrogens with two attached hydrogens (primary N) is 1. The van der Waals surface area contributed by atoms with Crippen LogP contribution in [-0.4, -0.2) is 78.3 Å². The first-order valence-electron chi connectivity index (χ1n) is 12.9. The fourth-order valence-electron chi connectivity index (χ4n) is 5.24. The van der Waals surface area contributed by atoms with E-state index in [1.54, 1.807) is 22.2 Å². The summed E-state index contributed by atoms with van der Waals surface area (Å²) in [6, 6.07) is 4.75. The monoisotopic (exact) mass is 516 g/mol. The lowest BCUT2D eigenvalue weighted by Gasteiger charge is -2.36. The number of anilines is 3. The van der Waals surface area contributed by atoms with E-state index in [1.165, 1.54) is 58.2 Å². The van der Waals surface area contributed by atoms with Crippen molar-refractivity contribution in [2.24, 2.45) is 0 Å². The summed E-state index contributed by atoms with van der Waals surface area (Å²) in [6.45, 7) is 7.94. The molecule has 0 saturated carbocycles. The molecule has 2 aliphatic heterocycles. The van der Waals surface area contributed by atoms with Crippen LogP contribution in [0.5, 0.6) is 0 Å². The molecule has 0 bridgehead atoms. The Kier molecular flexibility index (Phi) is 6.81. The molecule has 6 rings (SSSR count). The number of pyridine rings is 1. The first kappa shape index (κ1) is 24.0. The van der Waals surface area contributed by atoms with Gasteiger partial charge < -0.3 is 16.0 Å². The molecule has 2 aliphatic rings. The van der Waals surface area contributed by atoms with E-state index < -0.39 is 0 Å². The minimum atomic E-state index is 0.255. The number of aromatic nitrogens is 6. The third-order valence-corrected chi connectivity index (χ3v) is 8.34. The third-order valence-electron chi connectivity index (χ3n) is 7.25. The van der Waals surface area contributed by atoms with E-state index in [-0.39, 0.29) is 5.95 Å². The van der Waals surface area contributed by atoms with Gasteiger partial charge in [0.2, 0.25) is 11.9 Å². The summed E-state index contributed by atoms with van der Waals surface area (Å²) in [4.78, 5) is 22.9. The van der Waals surface area contributed by atoms with Crippen molar-refractivity contribution in [3.63, 3.8) is 0 Å². The molecule has 6 heterocycles. The van der Waals surface area contributed by atoms with Gasteiger partial charge in [-0.2, -0.15) is 9.67 Å². The lowest BCUT2D eigenvalue weighted by atomic mass is 10.0. The summed E-state index contributed by atoms with van der Waals surface area (Å²) in [7, 11) is 0. The Bertz CT molecular complexity index is 1380. The largest absolute Gasteiger partial charge is 0.368 e. The van der Waals surface area contributed by atoms with Gasteiger partial charge in [0.25, 0.3) is 0 Å². The topological polar surface area (TPSA) is 114 Å². The van der Waals surface area contributed by atoms with E-state index >= 15 is 0 Å². The van der Waals surface area contributed by atoms with Gasteiger partial charge in [-0.05, 0) is 87.9 Å². The summed E-state index contributed by atoms with van der Waals surface area (Å²) in [5, 5.41) is 9.76. The van der Waals surface area contributed by atoms with Crippen molar-refractivity contribution in [1.29, 1.82) is 0 Å². The zero-order valence-corrected chi connectivity index (χ0v) is 21.9. The van der Waals surface area contributed by atoms with Crippen molar-refractivity contribution >= 4 is 45.2 Å². The Morgan fingerprint density at radius 2 is 1.95 bits per heavy atom. The Morgan fingerprint density at radius 1 is 1.11 bits per heavy atom. The fraction of sp³-hybridized carbons (Fsp3) is 0.423. The van der Waals surface area contributed by atoms with Gasteiger partial charge in [0.05, 0.1) is 27.8 Å². The molecule has 0 atom stereocenters. The van der Waals surface area contributed by atoms with E-state index in [1.807, 2.05) is 24.4 Å². The van der Waals surface area contributed by atoms with Gasteiger partial charge in [-0.3, -0.25) is 9.88 Å². The number of piperidine rings is 1. The molecule has 0 unspecified atom stereocenters. The molecule has 10 nitrogen and oxygen atoms in total. The van der Waals surface area contributed by atoms with Crippen LogP contribution < -0.4 is 11.1 Å². The van der Waals surface area contributed by atoms with E-state index in [2.05, 4.69) is 52.3 Å². The van der Waals surface area contributed by atoms with Gasteiger partial charge in [0.1, 0.15) is 6.33 Å². The molecule has 2 fully saturated rings. The molecule has 11 heteroatoms. The van der Waals surface area contributed by atoms with Crippen molar-refractivity contribution in [2.75, 3.05) is 43.8 Å². The number of likely N-dealkylation sites (tertiary alicyclic amines) is 2. The van der Waals surface area contributed by atoms with Crippen molar-refractivity contribution < 1.29 is 0 Å². The third kappa shape index (κ3) is 5.20. The zero-order valence-electron chi connectivity index (χ0n) is 21.0. The predicted octanol–water partition coefficient (Wildman–Crippen LogP) is 3.87. The minimum absolute atomic E-state index is 0.255. The van der Waals surface area contributed by atoms with Crippen LogP contribution in [0.15, 0.2) is 36.1 Å². The predicted molar refractivity (Wildman–Crippen MR) is 148 cm³/mol. The number of nitrogens with one attached hydrogen (secondary N) is 1. The maximum atomic E-state index is 6.17. The number of fused-ring (bicyclic) bond motifs is 1. The van der Waals surface area contributed by atoms with Crippen molar-refractivity contribution in [3.05, 3.63) is 47.4 Å². The van der Waals surface area contributed by atoms with Crippen LogP contribution in [0, 0.1) is 6.92 Å². The number of rotatable bonds is 7. The lowest BCUT2D eigenvalue weighted by molar-refractivity contribution is 0.135. The van der Waals surface area contributed by atoms with Gasteiger partial charge in [-0.15, -0.1) is 16.4 Å². The number of aryl methyl sites for hydroxylation is 1. The van der Waals surface area contributed by atoms with E-state index in [0.29, 0.717) is 11.8 Å². The average Bonchev–Trinajstić information content (AvgIpc) is 3.67. The molecule has 3 N–H and O–H groups in total. The molecule has 37 heavy (non-hydrogen) atoms. The number of nitrogens with zero attached hydrogens (tertiary/aromatic N) is 8. The SMILES string of the molecule is Cc1csc2c(-n3nc(Nc4ccc(/C=C/CN5CCC(N6CCCC6)CC5)nc4)nc3N)ncnc12. The van der Waals surface area contributed by atoms with Crippen LogP contribution in [0.2, 0.25) is 0 Å². The highest BCUT2D eigenvalue weighted by Crippen LogP contribution is 2.29. The lowest BCUT2D eigenvalue weighted by Crippen LogP contribution is -2.43. The van der Waals surface area contributed by atoms with Crippen LogP contribution >= 0.6 is 11.3 Å². The fourth-order valence-corrected chi connectivity index (χ4v) is 6.22. The normalized spacial score (nSPS) is 17.9. The second-order valence-electron chi connectivity index (χ2n) is 9.77. The summed E-state index contributed by atoms with van der Waals surface area (Å²) in [5.41, 5.74) is 9.88. The second-order valence-corrected chi connectivity index (χ2v) is 10.7. The maximum Gasteiger partial charge on any atom is 0.248 e. The maximum absolute atomic E-state index is 6.17. The molecule has 2 saturated heterocycles. The molecule has 4 aromatic heterocycles. The van der Waals surface area contributed by atoms with Crippen LogP contribution in [0.4, 0.5) is 17.6 Å². The van der Waals surface area contributed by atoms with Gasteiger partial charge in [0, 0.05) is 12.6 Å². The first-order valence-corrected chi connectivity index (χ1v) is 13.8. The molecule has 0 aromatic carbocycles. The Balaban J connectivity index is 1.05. The van der Waals surface area contributed by atoms with Crippen LogP contribution in [0.3, 0.4) is 0 Å². The smallest absolute Gasteiger partial charge is 0.248 e. The van der Waals surface area contributed by atoms with Crippen molar-refractivity contribution in [3.8, 4) is 5.82 Å². The molecule has 192 valence electrons. The van der Waals surface area contributed by atoms with Crippen molar-refractivity contribution in [1.82, 2.24) is 39.5 Å². The highest BCUT2D eigenvalue weighted by Gasteiger charge is 2.25. The van der Waals surface area contributed by atoms with Gasteiger partial charge >= 0.3 is 0 Å². The summed E-state index contributed by atoms with van der Waals surface area (Å²) in [5.74, 6) is 1.27. The zero-order chi connectivity index (χ0) is 25.2. The molecule has 0 amide bonds. The number of nitrogen functional groups attached to an aromatic ring is 1. The van der Waals surface area contributed by atoms with E-state index in [0.717, 1.165) is 39.7 Å². The first-order chi connectivity index (χ1) is 18.1. The quantitative estimate of drug-likeness (QED) is 0.378. The number of thiophene rings is 1. The minimum Gasteiger partial charge on any atom is -0.368 e. The average molecular weight is 517 g/mol.